The number of fused-ring (bicyclic) bond motifs is 4. The van der Waals surface area contributed by atoms with Crippen LogP contribution >= 0.6 is 15.9 Å². The Morgan fingerprint density at radius 3 is 3.07 bits per heavy atom. The summed E-state index contributed by atoms with van der Waals surface area (Å²) in [6, 6.07) is 4.99. The van der Waals surface area contributed by atoms with E-state index in [0.717, 1.165) is 17.3 Å². The molecule has 1 atom stereocenters. The number of hydrogen-bond acceptors (Lipinski definition) is 8. The summed E-state index contributed by atoms with van der Waals surface area (Å²) in [4.78, 5) is 20.9. The number of amides is 1. The maximum atomic E-state index is 13.1. The van der Waals surface area contributed by atoms with Crippen LogP contribution in [0.3, 0.4) is 0 Å². The molecule has 1 aromatic heterocycles. The van der Waals surface area contributed by atoms with Crippen molar-refractivity contribution < 1.29 is 18.5 Å². The largest absolute Gasteiger partial charge is 0.492 e. The summed E-state index contributed by atoms with van der Waals surface area (Å²) < 4.78 is 27.1. The molecule has 0 saturated heterocycles. The standard InChI is InChI=1S/C19H24BrN5O4S/c1-3-9-29-19(26)25-30(2,27)16-7-6-13-11-15(16)28-10-5-4-8-21-17-14(20)12-22-18(23-13)24-17/h6-7,11-12H,2-5,8-10H2,1H3,(H,25,26,27)(H2,21,22,23,24). The van der Waals surface area contributed by atoms with E-state index in [2.05, 4.69) is 47.1 Å². The quantitative estimate of drug-likeness (QED) is 0.547. The summed E-state index contributed by atoms with van der Waals surface area (Å²) >= 11 is 3.44. The summed E-state index contributed by atoms with van der Waals surface area (Å²) in [6.07, 6.45) is 3.16. The van der Waals surface area contributed by atoms with Crippen LogP contribution in [-0.2, 0) is 14.4 Å². The molecule has 1 aliphatic heterocycles. The Morgan fingerprint density at radius 1 is 1.43 bits per heavy atom. The smallest absolute Gasteiger partial charge is 0.418 e. The fraction of sp³-hybridized carbons (Fsp3) is 0.368. The monoisotopic (exact) mass is 497 g/mol. The molecule has 0 aliphatic carbocycles. The maximum absolute atomic E-state index is 13.1. The number of nitrogens with one attached hydrogen (secondary N) is 3. The molecule has 2 aromatic rings. The molecule has 2 heterocycles. The van der Waals surface area contributed by atoms with Crippen LogP contribution in [0.25, 0.3) is 0 Å². The molecule has 1 amide bonds. The number of rotatable bonds is 4. The van der Waals surface area contributed by atoms with Gasteiger partial charge in [0.05, 0.1) is 32.3 Å². The van der Waals surface area contributed by atoms with Gasteiger partial charge in [-0.05, 0) is 53.2 Å². The Bertz CT molecular complexity index is 1020. The van der Waals surface area contributed by atoms with Gasteiger partial charge in [0, 0.05) is 24.5 Å². The molecule has 1 aromatic carbocycles. The van der Waals surface area contributed by atoms with Crippen LogP contribution in [0.1, 0.15) is 26.2 Å². The van der Waals surface area contributed by atoms with Crippen LogP contribution in [0.5, 0.6) is 5.75 Å². The van der Waals surface area contributed by atoms with E-state index in [9.17, 15) is 9.00 Å². The first kappa shape index (κ1) is 22.2. The minimum absolute atomic E-state index is 0.233. The van der Waals surface area contributed by atoms with Crippen molar-refractivity contribution in [3.05, 3.63) is 28.9 Å². The van der Waals surface area contributed by atoms with Gasteiger partial charge >= 0.3 is 6.09 Å². The van der Waals surface area contributed by atoms with Crippen molar-refractivity contribution in [2.75, 3.05) is 30.4 Å². The van der Waals surface area contributed by atoms with E-state index in [4.69, 9.17) is 9.47 Å². The van der Waals surface area contributed by atoms with E-state index in [1.807, 2.05) is 6.92 Å². The number of carbonyl (C=O) groups excluding carboxylic acids is 1. The van der Waals surface area contributed by atoms with Crippen LogP contribution < -0.4 is 20.1 Å². The highest BCUT2D eigenvalue weighted by atomic mass is 79.9. The zero-order valence-electron chi connectivity index (χ0n) is 16.6. The molecule has 3 rings (SSSR count). The molecular weight excluding hydrogens is 474 g/mol. The number of ether oxygens (including phenoxy) is 2. The van der Waals surface area contributed by atoms with Gasteiger partial charge in [-0.15, -0.1) is 0 Å². The number of aromatic nitrogens is 2. The highest BCUT2D eigenvalue weighted by Crippen LogP contribution is 2.30. The first-order valence-electron chi connectivity index (χ1n) is 9.51. The van der Waals surface area contributed by atoms with Crippen LogP contribution in [0.15, 0.2) is 33.8 Å². The Kier molecular flexibility index (Phi) is 7.38. The second-order valence-corrected chi connectivity index (χ2v) is 9.42. The summed E-state index contributed by atoms with van der Waals surface area (Å²) in [5.74, 6) is 5.15. The zero-order chi connectivity index (χ0) is 21.6. The van der Waals surface area contributed by atoms with Crippen molar-refractivity contribution in [1.29, 1.82) is 0 Å². The van der Waals surface area contributed by atoms with Crippen LogP contribution in [0, 0.1) is 0 Å². The molecule has 9 nitrogen and oxygen atoms in total. The summed E-state index contributed by atoms with van der Waals surface area (Å²) in [6.45, 7) is 3.23. The van der Waals surface area contributed by atoms with Crippen molar-refractivity contribution in [1.82, 2.24) is 14.7 Å². The fourth-order valence-corrected chi connectivity index (χ4v) is 4.18. The average molecular weight is 498 g/mol. The van der Waals surface area contributed by atoms with E-state index in [-0.39, 0.29) is 11.5 Å². The van der Waals surface area contributed by atoms with Gasteiger partial charge in [0.15, 0.2) is 0 Å². The topological polar surface area (TPSA) is 114 Å². The summed E-state index contributed by atoms with van der Waals surface area (Å²) in [5.41, 5.74) is 0.644. The van der Waals surface area contributed by atoms with Gasteiger partial charge in [-0.3, -0.25) is 0 Å². The van der Waals surface area contributed by atoms with Crippen molar-refractivity contribution >= 4 is 55.1 Å². The first-order valence-corrected chi connectivity index (χ1v) is 12.0. The Hall–Kier alpha value is -2.53. The van der Waals surface area contributed by atoms with Gasteiger partial charge in [-0.25, -0.2) is 18.7 Å². The molecule has 3 N–H and O–H groups in total. The second kappa shape index (κ2) is 9.98. The molecule has 1 aliphatic rings. The average Bonchev–Trinajstić information content (AvgIpc) is 2.71. The molecule has 30 heavy (non-hydrogen) atoms. The molecule has 0 fully saturated rings. The van der Waals surface area contributed by atoms with Crippen molar-refractivity contribution in [3.63, 3.8) is 0 Å². The lowest BCUT2D eigenvalue weighted by Crippen LogP contribution is -2.31. The molecular formula is C19H24BrN5O4S. The number of anilines is 3. The van der Waals surface area contributed by atoms with Gasteiger partial charge in [0.1, 0.15) is 11.6 Å². The lowest BCUT2D eigenvalue weighted by atomic mass is 10.3. The minimum atomic E-state index is -3.18. The van der Waals surface area contributed by atoms with E-state index in [0.29, 0.717) is 42.8 Å². The SMILES string of the molecule is C=S(=O)(NC(=O)OCCC)c1ccc2cc1OCCCCNc1nc(ncc1Br)N2. The van der Waals surface area contributed by atoms with Gasteiger partial charge in [-0.2, -0.15) is 4.98 Å². The fourth-order valence-electron chi connectivity index (χ4n) is 2.68. The third kappa shape index (κ3) is 5.76. The molecule has 0 spiro atoms. The molecule has 0 saturated carbocycles. The van der Waals surface area contributed by atoms with E-state index in [1.54, 1.807) is 24.4 Å². The van der Waals surface area contributed by atoms with Gasteiger partial charge in [-0.1, -0.05) is 6.92 Å². The van der Waals surface area contributed by atoms with Crippen molar-refractivity contribution in [2.24, 2.45) is 0 Å². The van der Waals surface area contributed by atoms with Crippen molar-refractivity contribution in [3.8, 4) is 5.75 Å². The van der Waals surface area contributed by atoms with E-state index < -0.39 is 15.8 Å². The normalized spacial score (nSPS) is 15.5. The third-order valence-corrected chi connectivity index (χ3v) is 6.23. The van der Waals surface area contributed by atoms with Crippen LogP contribution in [0.4, 0.5) is 22.2 Å². The third-order valence-electron chi connectivity index (χ3n) is 4.11. The highest BCUT2D eigenvalue weighted by Gasteiger charge is 2.19. The first-order chi connectivity index (χ1) is 14.4. The van der Waals surface area contributed by atoms with Crippen LogP contribution in [-0.4, -0.2) is 45.9 Å². The van der Waals surface area contributed by atoms with Crippen LogP contribution in [0.2, 0.25) is 0 Å². The van der Waals surface area contributed by atoms with Gasteiger partial charge in [0.2, 0.25) is 5.95 Å². The van der Waals surface area contributed by atoms with E-state index in [1.165, 1.54) is 0 Å². The predicted octanol–water partition coefficient (Wildman–Crippen LogP) is 3.69. The summed E-state index contributed by atoms with van der Waals surface area (Å²) in [7, 11) is -3.18. The van der Waals surface area contributed by atoms with E-state index >= 15 is 0 Å². The van der Waals surface area contributed by atoms with Crippen molar-refractivity contribution in [2.45, 2.75) is 31.1 Å². The number of carbonyl (C=O) groups is 1. The maximum Gasteiger partial charge on any atom is 0.418 e. The minimum Gasteiger partial charge on any atom is -0.492 e. The number of nitrogens with zero attached hydrogens (tertiary/aromatic N) is 2. The molecule has 162 valence electrons. The number of halogens is 1. The Labute approximate surface area is 184 Å². The zero-order valence-corrected chi connectivity index (χ0v) is 19.0. The lowest BCUT2D eigenvalue weighted by Gasteiger charge is -2.17. The molecule has 0 radical (unpaired) electrons. The second-order valence-electron chi connectivity index (χ2n) is 6.57. The lowest BCUT2D eigenvalue weighted by molar-refractivity contribution is 0.153. The molecule has 1 unspecified atom stereocenters. The molecule has 4 bridgehead atoms. The highest BCUT2D eigenvalue weighted by molar-refractivity contribution is 9.10. The van der Waals surface area contributed by atoms with Gasteiger partial charge < -0.3 is 20.1 Å². The predicted molar refractivity (Wildman–Crippen MR) is 121 cm³/mol. The Balaban J connectivity index is 1.91. The number of benzene rings is 1. The number of hydrogen-bond donors (Lipinski definition) is 3. The Morgan fingerprint density at radius 2 is 2.27 bits per heavy atom. The van der Waals surface area contributed by atoms with Gasteiger partial charge in [0.25, 0.3) is 0 Å². The summed E-state index contributed by atoms with van der Waals surface area (Å²) in [5, 5.41) is 6.37. The molecule has 11 heteroatoms.